The Hall–Kier alpha value is -0.0800. The van der Waals surface area contributed by atoms with Gasteiger partial charge in [-0.3, -0.25) is 0 Å². The highest BCUT2D eigenvalue weighted by Gasteiger charge is 2.01. The maximum atomic E-state index is 5.94. The van der Waals surface area contributed by atoms with Crippen molar-refractivity contribution < 1.29 is 4.74 Å². The van der Waals surface area contributed by atoms with E-state index in [1.54, 1.807) is 7.11 Å². The molecule has 0 bridgehead atoms. The molecule has 0 aromatic carbocycles. The second-order valence-corrected chi connectivity index (χ2v) is 4.45. The van der Waals surface area contributed by atoms with Crippen LogP contribution in [0.2, 0.25) is 0 Å². The minimum Gasteiger partial charge on any atom is -0.385 e. The van der Waals surface area contributed by atoms with Gasteiger partial charge in [0.2, 0.25) is 0 Å². The van der Waals surface area contributed by atoms with E-state index >= 15 is 0 Å². The molecule has 0 saturated carbocycles. The molecule has 0 aliphatic heterocycles. The lowest BCUT2D eigenvalue weighted by Gasteiger charge is -2.10. The molecule has 15 heavy (non-hydrogen) atoms. The molecular formula is C13H29NO. The predicted octanol–water partition coefficient (Wildman–Crippen LogP) is 3.49. The van der Waals surface area contributed by atoms with Gasteiger partial charge in [0.1, 0.15) is 0 Å². The minimum absolute atomic E-state index is 0.348. The second-order valence-electron chi connectivity index (χ2n) is 4.45. The molecule has 92 valence electrons. The van der Waals surface area contributed by atoms with Crippen molar-refractivity contribution in [2.75, 3.05) is 13.7 Å². The van der Waals surface area contributed by atoms with Crippen molar-refractivity contribution in [2.45, 2.75) is 70.8 Å². The third-order valence-corrected chi connectivity index (χ3v) is 2.87. The van der Waals surface area contributed by atoms with E-state index in [9.17, 15) is 0 Å². The van der Waals surface area contributed by atoms with E-state index in [-0.39, 0.29) is 0 Å². The van der Waals surface area contributed by atoms with Crippen LogP contribution in [-0.4, -0.2) is 19.8 Å². The van der Waals surface area contributed by atoms with Gasteiger partial charge >= 0.3 is 0 Å². The number of methoxy groups -OCH3 is 1. The maximum absolute atomic E-state index is 5.94. The molecule has 2 heteroatoms. The van der Waals surface area contributed by atoms with Gasteiger partial charge in [-0.1, -0.05) is 51.9 Å². The summed E-state index contributed by atoms with van der Waals surface area (Å²) in [5, 5.41) is 0. The normalized spacial score (nSPS) is 13.0. The summed E-state index contributed by atoms with van der Waals surface area (Å²) in [4.78, 5) is 0. The van der Waals surface area contributed by atoms with E-state index in [2.05, 4.69) is 6.92 Å². The Kier molecular flexibility index (Phi) is 11.9. The first-order chi connectivity index (χ1) is 7.31. The number of rotatable bonds is 11. The standard InChI is InChI=1S/C13H29NO/c1-3-4-5-6-7-8-9-10-13(14)11-12-15-2/h13H,3-12,14H2,1-2H3. The summed E-state index contributed by atoms with van der Waals surface area (Å²) in [6, 6.07) is 0.348. The highest BCUT2D eigenvalue weighted by atomic mass is 16.5. The molecule has 0 amide bonds. The number of nitrogens with two attached hydrogens (primary N) is 1. The van der Waals surface area contributed by atoms with Crippen LogP contribution in [0.4, 0.5) is 0 Å². The van der Waals surface area contributed by atoms with Crippen LogP contribution in [0.25, 0.3) is 0 Å². The fraction of sp³-hybridized carbons (Fsp3) is 1.00. The zero-order valence-electron chi connectivity index (χ0n) is 10.6. The average molecular weight is 215 g/mol. The minimum atomic E-state index is 0.348. The fourth-order valence-corrected chi connectivity index (χ4v) is 1.78. The molecule has 2 nitrogen and oxygen atoms in total. The van der Waals surface area contributed by atoms with Gasteiger partial charge in [-0.2, -0.15) is 0 Å². The monoisotopic (exact) mass is 215 g/mol. The van der Waals surface area contributed by atoms with Crippen molar-refractivity contribution in [2.24, 2.45) is 5.73 Å². The van der Waals surface area contributed by atoms with Crippen LogP contribution in [0.5, 0.6) is 0 Å². The Bertz CT molecular complexity index is 117. The van der Waals surface area contributed by atoms with Crippen molar-refractivity contribution in [3.05, 3.63) is 0 Å². The lowest BCUT2D eigenvalue weighted by molar-refractivity contribution is 0.186. The summed E-state index contributed by atoms with van der Waals surface area (Å²) in [5.74, 6) is 0. The van der Waals surface area contributed by atoms with Gasteiger partial charge in [0.25, 0.3) is 0 Å². The van der Waals surface area contributed by atoms with Gasteiger partial charge in [-0.15, -0.1) is 0 Å². The summed E-state index contributed by atoms with van der Waals surface area (Å²) < 4.78 is 5.00. The number of ether oxygens (including phenoxy) is 1. The average Bonchev–Trinajstić information content (AvgIpc) is 2.25. The summed E-state index contributed by atoms with van der Waals surface area (Å²) in [6.45, 7) is 3.06. The van der Waals surface area contributed by atoms with Crippen LogP contribution < -0.4 is 5.73 Å². The van der Waals surface area contributed by atoms with E-state index in [1.807, 2.05) is 0 Å². The molecule has 0 aromatic heterocycles. The summed E-state index contributed by atoms with van der Waals surface area (Å²) in [7, 11) is 1.74. The smallest absolute Gasteiger partial charge is 0.0477 e. The van der Waals surface area contributed by atoms with Crippen LogP contribution in [0.1, 0.15) is 64.7 Å². The van der Waals surface area contributed by atoms with Gasteiger partial charge in [0.05, 0.1) is 0 Å². The first kappa shape index (κ1) is 14.9. The Morgan fingerprint density at radius 3 is 2.13 bits per heavy atom. The van der Waals surface area contributed by atoms with Crippen LogP contribution in [0.15, 0.2) is 0 Å². The predicted molar refractivity (Wildman–Crippen MR) is 67.1 cm³/mol. The zero-order valence-corrected chi connectivity index (χ0v) is 10.6. The summed E-state index contributed by atoms with van der Waals surface area (Å²) in [6.07, 6.45) is 11.7. The molecule has 0 rings (SSSR count). The van der Waals surface area contributed by atoms with E-state index < -0.39 is 0 Å². The number of hydrogen-bond acceptors (Lipinski definition) is 2. The topological polar surface area (TPSA) is 35.2 Å². The van der Waals surface area contributed by atoms with Crippen LogP contribution in [0.3, 0.4) is 0 Å². The zero-order chi connectivity index (χ0) is 11.4. The summed E-state index contributed by atoms with van der Waals surface area (Å²) in [5.41, 5.74) is 5.94. The Balaban J connectivity index is 3.02. The van der Waals surface area contributed by atoms with Gasteiger partial charge in [0.15, 0.2) is 0 Å². The molecule has 0 fully saturated rings. The molecule has 0 aliphatic carbocycles. The van der Waals surface area contributed by atoms with Crippen molar-refractivity contribution in [3.8, 4) is 0 Å². The van der Waals surface area contributed by atoms with Crippen molar-refractivity contribution in [3.63, 3.8) is 0 Å². The highest BCUT2D eigenvalue weighted by Crippen LogP contribution is 2.10. The molecule has 0 aromatic rings. The maximum Gasteiger partial charge on any atom is 0.0477 e. The Labute approximate surface area is 95.6 Å². The molecule has 0 saturated heterocycles. The van der Waals surface area contributed by atoms with Gasteiger partial charge in [-0.05, 0) is 12.8 Å². The molecule has 0 spiro atoms. The molecule has 1 unspecified atom stereocenters. The molecule has 0 radical (unpaired) electrons. The first-order valence-corrected chi connectivity index (χ1v) is 6.55. The van der Waals surface area contributed by atoms with Gasteiger partial charge in [0, 0.05) is 19.8 Å². The van der Waals surface area contributed by atoms with Crippen LogP contribution >= 0.6 is 0 Å². The van der Waals surface area contributed by atoms with Crippen molar-refractivity contribution >= 4 is 0 Å². The summed E-state index contributed by atoms with van der Waals surface area (Å²) >= 11 is 0. The quantitative estimate of drug-likeness (QED) is 0.535. The van der Waals surface area contributed by atoms with Crippen LogP contribution in [-0.2, 0) is 4.74 Å². The molecular weight excluding hydrogens is 186 g/mol. The number of hydrogen-bond donors (Lipinski definition) is 1. The third-order valence-electron chi connectivity index (χ3n) is 2.87. The van der Waals surface area contributed by atoms with Gasteiger partial charge in [-0.25, -0.2) is 0 Å². The van der Waals surface area contributed by atoms with Crippen molar-refractivity contribution in [1.29, 1.82) is 0 Å². The molecule has 0 aliphatic rings. The Morgan fingerprint density at radius 1 is 0.933 bits per heavy atom. The third kappa shape index (κ3) is 11.8. The van der Waals surface area contributed by atoms with Crippen molar-refractivity contribution in [1.82, 2.24) is 0 Å². The van der Waals surface area contributed by atoms with Crippen LogP contribution in [0, 0.1) is 0 Å². The molecule has 2 N–H and O–H groups in total. The SMILES string of the molecule is CCCCCCCCCC(N)CCOC. The Morgan fingerprint density at radius 2 is 1.53 bits per heavy atom. The van der Waals surface area contributed by atoms with E-state index in [1.165, 1.54) is 44.9 Å². The van der Waals surface area contributed by atoms with Gasteiger partial charge < -0.3 is 10.5 Å². The lowest BCUT2D eigenvalue weighted by atomic mass is 10.0. The fourth-order valence-electron chi connectivity index (χ4n) is 1.78. The first-order valence-electron chi connectivity index (χ1n) is 6.55. The van der Waals surface area contributed by atoms with E-state index in [0.29, 0.717) is 6.04 Å². The molecule has 1 atom stereocenters. The largest absolute Gasteiger partial charge is 0.385 e. The second kappa shape index (κ2) is 12.0. The highest BCUT2D eigenvalue weighted by molar-refractivity contribution is 4.60. The number of unbranched alkanes of at least 4 members (excludes halogenated alkanes) is 6. The molecule has 0 heterocycles. The van der Waals surface area contributed by atoms with E-state index in [0.717, 1.165) is 19.4 Å². The van der Waals surface area contributed by atoms with E-state index in [4.69, 9.17) is 10.5 Å². The lowest BCUT2D eigenvalue weighted by Crippen LogP contribution is -2.21.